The Morgan fingerprint density at radius 1 is 1.03 bits per heavy atom. The number of benzene rings is 2. The van der Waals surface area contributed by atoms with E-state index >= 15 is 0 Å². The van der Waals surface area contributed by atoms with E-state index in [1.807, 2.05) is 74.6 Å². The Morgan fingerprint density at radius 2 is 1.88 bits per heavy atom. The molecule has 0 atom stereocenters. The number of hydrogen-bond acceptors (Lipinski definition) is 4. The highest BCUT2D eigenvalue weighted by Crippen LogP contribution is 2.27. The molecular weight excluding hydrogens is 400 g/mol. The second kappa shape index (κ2) is 7.67. The molecule has 0 radical (unpaired) electrons. The maximum absolute atomic E-state index is 13.7. The van der Waals surface area contributed by atoms with Crippen LogP contribution in [0.15, 0.2) is 78.0 Å². The zero-order valence-corrected chi connectivity index (χ0v) is 17.7. The maximum atomic E-state index is 13.7. The highest BCUT2D eigenvalue weighted by atomic mass is 16.1. The van der Waals surface area contributed by atoms with Crippen LogP contribution in [-0.2, 0) is 6.54 Å². The minimum atomic E-state index is -0.158. The van der Waals surface area contributed by atoms with Crippen LogP contribution in [0.3, 0.4) is 0 Å². The van der Waals surface area contributed by atoms with Crippen molar-refractivity contribution in [3.05, 3.63) is 106 Å². The largest absolute Gasteiger partial charge is 0.333 e. The zero-order chi connectivity index (χ0) is 22.2. The highest BCUT2D eigenvalue weighted by Gasteiger charge is 2.21. The number of aromatic nitrogens is 5. The Balaban J connectivity index is 1.77. The fourth-order valence-electron chi connectivity index (χ4n) is 4.07. The summed E-state index contributed by atoms with van der Waals surface area (Å²) in [6.45, 7) is 4.25. The molecule has 32 heavy (non-hydrogen) atoms. The SMILES string of the molecule is Cc1cccc(-n2c(-c3ccc4ncnn4c3)c(C)n(Cc3ccccc3C#N)c2=O)c1. The average molecular weight is 420 g/mol. The Hall–Kier alpha value is -4.44. The summed E-state index contributed by atoms with van der Waals surface area (Å²) < 4.78 is 5.15. The van der Waals surface area contributed by atoms with Gasteiger partial charge in [0.1, 0.15) is 6.33 Å². The van der Waals surface area contributed by atoms with Crippen LogP contribution in [0.2, 0.25) is 0 Å². The lowest BCUT2D eigenvalue weighted by Crippen LogP contribution is -2.24. The third-order valence-corrected chi connectivity index (χ3v) is 5.67. The topological polar surface area (TPSA) is 80.9 Å². The molecular formula is C25H20N6O. The molecule has 7 nitrogen and oxygen atoms in total. The molecule has 7 heteroatoms. The first-order valence-electron chi connectivity index (χ1n) is 10.2. The van der Waals surface area contributed by atoms with Crippen LogP contribution >= 0.6 is 0 Å². The van der Waals surface area contributed by atoms with Crippen molar-refractivity contribution in [2.75, 3.05) is 0 Å². The van der Waals surface area contributed by atoms with E-state index in [2.05, 4.69) is 16.2 Å². The number of imidazole rings is 1. The van der Waals surface area contributed by atoms with Gasteiger partial charge in [-0.1, -0.05) is 30.3 Å². The summed E-state index contributed by atoms with van der Waals surface area (Å²) in [4.78, 5) is 17.9. The molecule has 0 aliphatic carbocycles. The molecule has 2 aromatic carbocycles. The van der Waals surface area contributed by atoms with Gasteiger partial charge in [0.2, 0.25) is 0 Å². The fourth-order valence-corrected chi connectivity index (χ4v) is 4.07. The number of nitriles is 1. The molecule has 0 fully saturated rings. The predicted molar refractivity (Wildman–Crippen MR) is 122 cm³/mol. The first-order valence-corrected chi connectivity index (χ1v) is 10.2. The standard InChI is InChI=1S/C25H20N6O/c1-17-6-5-9-22(12-17)31-24(21-10-11-23-27-16-28-30(23)15-21)18(2)29(25(31)32)14-20-8-4-3-7-19(20)13-26/h3-12,15-16H,14H2,1-2H3. The Labute approximate surface area is 184 Å². The molecule has 0 saturated heterocycles. The molecule has 0 spiro atoms. The van der Waals surface area contributed by atoms with Crippen LogP contribution in [0.25, 0.3) is 22.6 Å². The maximum Gasteiger partial charge on any atom is 0.333 e. The zero-order valence-electron chi connectivity index (χ0n) is 17.7. The van der Waals surface area contributed by atoms with Crippen LogP contribution in [0, 0.1) is 25.2 Å². The molecule has 0 aliphatic heterocycles. The first kappa shape index (κ1) is 19.5. The van der Waals surface area contributed by atoms with E-state index in [0.29, 0.717) is 12.1 Å². The van der Waals surface area contributed by atoms with Gasteiger partial charge in [-0.15, -0.1) is 0 Å². The number of hydrogen-bond donors (Lipinski definition) is 0. The van der Waals surface area contributed by atoms with Crippen molar-refractivity contribution in [3.8, 4) is 23.0 Å². The van der Waals surface area contributed by atoms with Gasteiger partial charge in [-0.2, -0.15) is 10.4 Å². The third-order valence-electron chi connectivity index (χ3n) is 5.67. The van der Waals surface area contributed by atoms with Gasteiger partial charge in [-0.25, -0.2) is 14.3 Å². The average Bonchev–Trinajstić information content (AvgIpc) is 3.37. The molecule has 3 aromatic heterocycles. The minimum absolute atomic E-state index is 0.158. The molecule has 156 valence electrons. The summed E-state index contributed by atoms with van der Waals surface area (Å²) in [5, 5.41) is 13.7. The molecule has 3 heterocycles. The summed E-state index contributed by atoms with van der Waals surface area (Å²) in [7, 11) is 0. The fraction of sp³-hybridized carbons (Fsp3) is 0.120. The van der Waals surface area contributed by atoms with E-state index in [-0.39, 0.29) is 5.69 Å². The summed E-state index contributed by atoms with van der Waals surface area (Å²) >= 11 is 0. The van der Waals surface area contributed by atoms with Crippen molar-refractivity contribution in [2.45, 2.75) is 20.4 Å². The smallest absolute Gasteiger partial charge is 0.291 e. The van der Waals surface area contributed by atoms with Crippen LogP contribution in [0.4, 0.5) is 0 Å². The Morgan fingerprint density at radius 3 is 2.69 bits per heavy atom. The van der Waals surface area contributed by atoms with Gasteiger partial charge >= 0.3 is 5.69 Å². The monoisotopic (exact) mass is 420 g/mol. The van der Waals surface area contributed by atoms with Crippen molar-refractivity contribution < 1.29 is 0 Å². The first-order chi connectivity index (χ1) is 15.6. The van der Waals surface area contributed by atoms with Crippen molar-refractivity contribution in [3.63, 3.8) is 0 Å². The van der Waals surface area contributed by atoms with Gasteiger partial charge in [0, 0.05) is 17.5 Å². The minimum Gasteiger partial charge on any atom is -0.291 e. The molecule has 0 aliphatic rings. The van der Waals surface area contributed by atoms with Gasteiger partial charge in [0.25, 0.3) is 0 Å². The lowest BCUT2D eigenvalue weighted by molar-refractivity contribution is 0.722. The summed E-state index contributed by atoms with van der Waals surface area (Å²) in [6, 6.07) is 21.3. The highest BCUT2D eigenvalue weighted by molar-refractivity contribution is 5.66. The van der Waals surface area contributed by atoms with Gasteiger partial charge in [-0.05, 0) is 55.3 Å². The quantitative estimate of drug-likeness (QED) is 0.442. The molecule has 5 aromatic rings. The summed E-state index contributed by atoms with van der Waals surface area (Å²) in [6.07, 6.45) is 3.38. The number of rotatable bonds is 4. The van der Waals surface area contributed by atoms with E-state index in [1.165, 1.54) is 6.33 Å². The lowest BCUT2D eigenvalue weighted by atomic mass is 10.1. The molecule has 0 amide bonds. The van der Waals surface area contributed by atoms with Gasteiger partial charge in [0.05, 0.1) is 29.6 Å². The summed E-state index contributed by atoms with van der Waals surface area (Å²) in [5.74, 6) is 0. The van der Waals surface area contributed by atoms with Crippen LogP contribution in [0.5, 0.6) is 0 Å². The van der Waals surface area contributed by atoms with E-state index < -0.39 is 0 Å². The van der Waals surface area contributed by atoms with Crippen LogP contribution in [-0.4, -0.2) is 23.7 Å². The van der Waals surface area contributed by atoms with E-state index in [1.54, 1.807) is 19.7 Å². The lowest BCUT2D eigenvalue weighted by Gasteiger charge is -2.10. The van der Waals surface area contributed by atoms with E-state index in [0.717, 1.165) is 39.4 Å². The number of fused-ring (bicyclic) bond motifs is 1. The summed E-state index contributed by atoms with van der Waals surface area (Å²) in [5.41, 5.74) is 6.24. The molecule has 0 unspecified atom stereocenters. The molecule has 0 N–H and O–H groups in total. The normalized spacial score (nSPS) is 11.0. The van der Waals surface area contributed by atoms with Crippen LogP contribution in [0.1, 0.15) is 22.4 Å². The van der Waals surface area contributed by atoms with Gasteiger partial charge in [-0.3, -0.25) is 9.13 Å². The van der Waals surface area contributed by atoms with Crippen molar-refractivity contribution in [2.24, 2.45) is 0 Å². The Bertz CT molecular complexity index is 1560. The van der Waals surface area contributed by atoms with Crippen LogP contribution < -0.4 is 5.69 Å². The number of pyridine rings is 1. The molecule has 5 rings (SSSR count). The van der Waals surface area contributed by atoms with Gasteiger partial charge in [0.15, 0.2) is 5.65 Å². The van der Waals surface area contributed by atoms with Crippen molar-refractivity contribution >= 4 is 5.65 Å². The second-order valence-electron chi connectivity index (χ2n) is 7.73. The second-order valence-corrected chi connectivity index (χ2v) is 7.73. The van der Waals surface area contributed by atoms with Crippen molar-refractivity contribution in [1.82, 2.24) is 23.7 Å². The third kappa shape index (κ3) is 3.19. The van der Waals surface area contributed by atoms with Crippen molar-refractivity contribution in [1.29, 1.82) is 5.26 Å². The number of aryl methyl sites for hydroxylation is 1. The molecule has 0 saturated carbocycles. The predicted octanol–water partition coefficient (Wildman–Crippen LogP) is 3.89. The van der Waals surface area contributed by atoms with Gasteiger partial charge < -0.3 is 0 Å². The van der Waals surface area contributed by atoms with E-state index in [9.17, 15) is 10.1 Å². The Kier molecular flexibility index (Phi) is 4.68. The van der Waals surface area contributed by atoms with E-state index in [4.69, 9.17) is 0 Å². The number of nitrogens with zero attached hydrogens (tertiary/aromatic N) is 6. The molecule has 0 bridgehead atoms.